The number of esters is 1. The number of rotatable bonds is 14. The van der Waals surface area contributed by atoms with Gasteiger partial charge in [0.25, 0.3) is 0 Å². The third-order valence-corrected chi connectivity index (χ3v) is 11.3. The van der Waals surface area contributed by atoms with E-state index < -0.39 is 30.5 Å². The summed E-state index contributed by atoms with van der Waals surface area (Å²) in [4.78, 5) is 46.0. The molecule has 1 fully saturated rings. The number of nitrogens with zero attached hydrogens (tertiary/aromatic N) is 4. The predicted molar refractivity (Wildman–Crippen MR) is 213 cm³/mol. The number of amides is 1. The van der Waals surface area contributed by atoms with Crippen LogP contribution < -0.4 is 26.6 Å². The number of hydrogen-bond donors (Lipinski definition) is 5. The summed E-state index contributed by atoms with van der Waals surface area (Å²) in [5.74, 6) is -2.08. The van der Waals surface area contributed by atoms with Gasteiger partial charge in [0.2, 0.25) is 5.91 Å². The minimum atomic E-state index is -1.10. The molecule has 1 saturated heterocycles. The zero-order valence-electron chi connectivity index (χ0n) is 33.8. The molecule has 0 radical (unpaired) electrons. The molecule has 8 bridgehead atoms. The van der Waals surface area contributed by atoms with E-state index in [1.807, 2.05) is 39.0 Å². The van der Waals surface area contributed by atoms with E-state index in [9.17, 15) is 30.0 Å². The monoisotopic (exact) mass is 875 g/mol. The standard InChI is InChI=1S/C42H57N7O7.Pd/c1-8-27-21(2)30-18-35-38(25(6)51)23(4)32(47-35)16-31-22(3)28(11-12-36(53)45-19-26(52)20-50)40(48-31)29(15-37(54)56-7)41-39(42(55)44-14-10-9-13-43)24(5)33(49-41)17-34(27)46-30;/h16-18,21-22,26-28,46,50-52H,8-15,19-20,43H2,1-7H3,(H,44,55)(H,45,53);/q;+2/p-2/b30-18?,31-16?,34-17?,38-25+,41-29?;/t21-,22+,26?,27-,28+;/m1./s1. The SMILES string of the molecule is CC[C@H]1C2=CC3=NC(=C(CC(=O)OC)C4=NC(=CC5=C(C)/C(=C(/C)[O-])C(=N5)C=C(N2)[C@@H]1C)[C@@H](C)[C@@H]4CCC(=O)NCC(O)CO)C(C([O-])=NCCCCN)=C3C.[Pd+2]. The number of carbonyl (C=O) groups excluding carboxylic acids is 2. The van der Waals surface area contributed by atoms with Crippen LogP contribution in [0, 0.1) is 23.7 Å². The van der Waals surface area contributed by atoms with Crippen LogP contribution in [-0.2, 0) is 34.7 Å². The minimum absolute atomic E-state index is 0. The largest absolute Gasteiger partial charge is 2.00 e. The Morgan fingerprint density at radius 1 is 1.04 bits per heavy atom. The van der Waals surface area contributed by atoms with Crippen LogP contribution in [0.1, 0.15) is 80.1 Å². The zero-order chi connectivity index (χ0) is 40.8. The number of unbranched alkanes of at least 4 members (excludes halogenated alkanes) is 1. The first kappa shape index (κ1) is 45.4. The topological polar surface area (TPSA) is 229 Å². The summed E-state index contributed by atoms with van der Waals surface area (Å²) in [6.45, 7) is 11.6. The van der Waals surface area contributed by atoms with E-state index >= 15 is 0 Å². The fraction of sp³-hybridized carbons (Fsp3) is 0.524. The van der Waals surface area contributed by atoms with E-state index in [1.165, 1.54) is 14.0 Å². The molecule has 5 rings (SSSR count). The van der Waals surface area contributed by atoms with Crippen molar-refractivity contribution in [2.24, 2.45) is 49.4 Å². The van der Waals surface area contributed by atoms with Crippen LogP contribution in [-0.4, -0.2) is 84.6 Å². The maximum atomic E-state index is 14.1. The Balaban J connectivity index is 0.00000720. The number of aliphatic imine (C=N–C) groups is 4. The Morgan fingerprint density at radius 3 is 2.40 bits per heavy atom. The van der Waals surface area contributed by atoms with Crippen LogP contribution >= 0.6 is 0 Å². The van der Waals surface area contributed by atoms with E-state index in [0.29, 0.717) is 70.2 Å². The molecule has 15 heteroatoms. The van der Waals surface area contributed by atoms with Gasteiger partial charge < -0.3 is 46.5 Å². The molecule has 0 aromatic heterocycles. The Kier molecular flexibility index (Phi) is 15.9. The second-order valence-corrected chi connectivity index (χ2v) is 15.0. The van der Waals surface area contributed by atoms with Gasteiger partial charge >= 0.3 is 26.4 Å². The molecule has 57 heavy (non-hydrogen) atoms. The van der Waals surface area contributed by atoms with Crippen LogP contribution in [0.15, 0.2) is 100 Å². The normalized spacial score (nSPS) is 24.6. The fourth-order valence-corrected chi connectivity index (χ4v) is 7.95. The number of nitrogens with two attached hydrogens (primary N) is 1. The second-order valence-electron chi connectivity index (χ2n) is 15.0. The van der Waals surface area contributed by atoms with Gasteiger partial charge in [-0.1, -0.05) is 27.7 Å². The average molecular weight is 876 g/mol. The predicted octanol–water partition coefficient (Wildman–Crippen LogP) is 2.32. The summed E-state index contributed by atoms with van der Waals surface area (Å²) >= 11 is 0. The Labute approximate surface area is 348 Å². The molecule has 5 aliphatic rings. The molecule has 0 aliphatic carbocycles. The number of ether oxygens (including phenoxy) is 1. The van der Waals surface area contributed by atoms with Gasteiger partial charge in [-0.2, -0.15) is 0 Å². The smallest absolute Gasteiger partial charge is 0.875 e. The van der Waals surface area contributed by atoms with Gasteiger partial charge in [-0.3, -0.25) is 14.6 Å². The van der Waals surface area contributed by atoms with Crippen LogP contribution in [0.2, 0.25) is 0 Å². The van der Waals surface area contributed by atoms with Crippen molar-refractivity contribution in [2.75, 3.05) is 33.4 Å². The van der Waals surface area contributed by atoms with Gasteiger partial charge in [-0.05, 0) is 86.9 Å². The fourth-order valence-electron chi connectivity index (χ4n) is 7.95. The molecule has 310 valence electrons. The van der Waals surface area contributed by atoms with Crippen molar-refractivity contribution in [3.63, 3.8) is 0 Å². The average Bonchev–Trinajstić information content (AvgIpc) is 3.86. The van der Waals surface area contributed by atoms with Crippen molar-refractivity contribution in [1.29, 1.82) is 0 Å². The number of aliphatic hydroxyl groups is 2. The summed E-state index contributed by atoms with van der Waals surface area (Å²) in [6.07, 6.45) is 6.88. The van der Waals surface area contributed by atoms with Crippen LogP contribution in [0.5, 0.6) is 0 Å². The zero-order valence-corrected chi connectivity index (χ0v) is 35.4. The van der Waals surface area contributed by atoms with E-state index in [1.54, 1.807) is 0 Å². The third kappa shape index (κ3) is 9.90. The number of aliphatic hydroxyl groups excluding tert-OH is 2. The van der Waals surface area contributed by atoms with Gasteiger partial charge in [0, 0.05) is 71.4 Å². The molecule has 0 aromatic carbocycles. The first-order valence-corrected chi connectivity index (χ1v) is 19.5. The van der Waals surface area contributed by atoms with Gasteiger partial charge in [0.15, 0.2) is 0 Å². The number of carbonyl (C=O) groups is 2. The molecule has 0 saturated carbocycles. The second kappa shape index (κ2) is 19.9. The van der Waals surface area contributed by atoms with Crippen molar-refractivity contribution in [3.05, 3.63) is 80.3 Å². The summed E-state index contributed by atoms with van der Waals surface area (Å²) in [5.41, 5.74) is 13.1. The molecule has 5 aliphatic heterocycles. The molecular formula is C42H55N7O7Pd. The van der Waals surface area contributed by atoms with Crippen molar-refractivity contribution in [2.45, 2.75) is 86.2 Å². The molecule has 0 aromatic rings. The summed E-state index contributed by atoms with van der Waals surface area (Å²) in [7, 11) is 1.29. The van der Waals surface area contributed by atoms with Gasteiger partial charge in [-0.15, -0.1) is 5.76 Å². The van der Waals surface area contributed by atoms with E-state index in [-0.39, 0.29) is 93.5 Å². The van der Waals surface area contributed by atoms with Crippen molar-refractivity contribution >= 4 is 34.9 Å². The molecule has 5 atom stereocenters. The molecule has 14 nitrogen and oxygen atoms in total. The van der Waals surface area contributed by atoms with Gasteiger partial charge in [0.1, 0.15) is 0 Å². The molecule has 5 heterocycles. The number of hydrogen-bond acceptors (Lipinski definition) is 13. The van der Waals surface area contributed by atoms with Crippen LogP contribution in [0.3, 0.4) is 0 Å². The van der Waals surface area contributed by atoms with Crippen molar-refractivity contribution in [1.82, 2.24) is 10.6 Å². The molecule has 0 spiro atoms. The van der Waals surface area contributed by atoms with Crippen LogP contribution in [0.4, 0.5) is 0 Å². The first-order valence-electron chi connectivity index (χ1n) is 19.5. The Hall–Kier alpha value is -4.26. The van der Waals surface area contributed by atoms with Crippen LogP contribution in [0.25, 0.3) is 0 Å². The van der Waals surface area contributed by atoms with Gasteiger partial charge in [-0.25, -0.2) is 9.98 Å². The van der Waals surface area contributed by atoms with Gasteiger partial charge in [0.05, 0.1) is 54.8 Å². The van der Waals surface area contributed by atoms with E-state index in [4.69, 9.17) is 25.4 Å². The quantitative estimate of drug-likeness (QED) is 0.0430. The minimum Gasteiger partial charge on any atom is -0.875 e. The molecular weight excluding hydrogens is 821 g/mol. The molecule has 1 amide bonds. The molecule has 1 unspecified atom stereocenters. The summed E-state index contributed by atoms with van der Waals surface area (Å²) in [5, 5.41) is 52.6. The summed E-state index contributed by atoms with van der Waals surface area (Å²) < 4.78 is 5.19. The number of nitrogens with one attached hydrogen (secondary N) is 2. The van der Waals surface area contributed by atoms with Crippen molar-refractivity contribution in [3.8, 4) is 0 Å². The molecule has 6 N–H and O–H groups in total. The first-order chi connectivity index (χ1) is 26.7. The number of allylic oxidation sites excluding steroid dienone is 10. The third-order valence-electron chi connectivity index (χ3n) is 11.3. The van der Waals surface area contributed by atoms with Crippen molar-refractivity contribution < 1.29 is 55.2 Å². The number of methoxy groups -OCH3 is 1. The maximum Gasteiger partial charge on any atom is 2.00 e. The van der Waals surface area contributed by atoms with E-state index in [2.05, 4.69) is 29.5 Å². The Bertz CT molecular complexity index is 1980. The Morgan fingerprint density at radius 2 is 1.75 bits per heavy atom. The van der Waals surface area contributed by atoms with E-state index in [0.717, 1.165) is 17.8 Å². The number of fused-ring (bicyclic) bond motifs is 5. The maximum absolute atomic E-state index is 14.1. The summed E-state index contributed by atoms with van der Waals surface area (Å²) in [6, 6.07) is 0.